The predicted molar refractivity (Wildman–Crippen MR) is 153 cm³/mol. The van der Waals surface area contributed by atoms with Crippen LogP contribution >= 0.6 is 0 Å². The number of benzene rings is 3. The standard InChI is InChI=1S/C32H36N2O5/c1-4-34-20-25(19-33-15-5-6-16-33)32(35)28-17-30(38-21-23-7-11-26(36-2)12-8-23)31(18-29(28)34)39-22-24-9-13-27(37-3)14-10-24/h7-14,17-18,20H,4-6,15-16,19,21-22H2,1-3H3. The second-order valence-corrected chi connectivity index (χ2v) is 9.84. The van der Waals surface area contributed by atoms with E-state index in [4.69, 9.17) is 18.9 Å². The van der Waals surface area contributed by atoms with Crippen LogP contribution in [0.2, 0.25) is 0 Å². The molecule has 7 nitrogen and oxygen atoms in total. The number of methoxy groups -OCH3 is 2. The molecule has 2 heterocycles. The van der Waals surface area contributed by atoms with Crippen LogP contribution in [0.15, 0.2) is 71.7 Å². The number of ether oxygens (including phenoxy) is 4. The van der Waals surface area contributed by atoms with Gasteiger partial charge in [0.15, 0.2) is 16.9 Å². The van der Waals surface area contributed by atoms with E-state index in [1.54, 1.807) is 14.2 Å². The molecule has 0 radical (unpaired) electrons. The van der Waals surface area contributed by atoms with Gasteiger partial charge >= 0.3 is 0 Å². The Bertz CT molecular complexity index is 1460. The summed E-state index contributed by atoms with van der Waals surface area (Å²) in [5.74, 6) is 2.73. The normalized spacial score (nSPS) is 13.5. The molecule has 1 saturated heterocycles. The largest absolute Gasteiger partial charge is 0.497 e. The Balaban J connectivity index is 1.49. The van der Waals surface area contributed by atoms with Crippen LogP contribution in [0.5, 0.6) is 23.0 Å². The highest BCUT2D eigenvalue weighted by Gasteiger charge is 2.18. The molecule has 39 heavy (non-hydrogen) atoms. The molecule has 0 aliphatic carbocycles. The molecule has 0 unspecified atom stereocenters. The third-order valence-corrected chi connectivity index (χ3v) is 7.26. The Hall–Kier alpha value is -3.97. The summed E-state index contributed by atoms with van der Waals surface area (Å²) >= 11 is 0. The zero-order valence-corrected chi connectivity index (χ0v) is 22.9. The molecule has 0 saturated carbocycles. The van der Waals surface area contributed by atoms with Crippen LogP contribution in [0, 0.1) is 0 Å². The molecule has 0 amide bonds. The van der Waals surface area contributed by atoms with Crippen LogP contribution in [0.1, 0.15) is 36.5 Å². The molecule has 204 valence electrons. The Kier molecular flexibility index (Phi) is 8.37. The van der Waals surface area contributed by atoms with Gasteiger partial charge in [-0.15, -0.1) is 0 Å². The van der Waals surface area contributed by atoms with Crippen LogP contribution in [0.3, 0.4) is 0 Å². The molecule has 7 heteroatoms. The van der Waals surface area contributed by atoms with Gasteiger partial charge in [-0.25, -0.2) is 0 Å². The summed E-state index contributed by atoms with van der Waals surface area (Å²) in [5, 5.41) is 0.648. The molecule has 0 spiro atoms. The van der Waals surface area contributed by atoms with Gasteiger partial charge < -0.3 is 23.5 Å². The highest BCUT2D eigenvalue weighted by molar-refractivity contribution is 5.83. The summed E-state index contributed by atoms with van der Waals surface area (Å²) < 4.78 is 25.3. The summed E-state index contributed by atoms with van der Waals surface area (Å²) in [5.41, 5.74) is 3.71. The number of rotatable bonds is 11. The molecule has 3 aromatic carbocycles. The topological polar surface area (TPSA) is 62.2 Å². The van der Waals surface area contributed by atoms with Gasteiger partial charge in [0.2, 0.25) is 0 Å². The maximum Gasteiger partial charge on any atom is 0.194 e. The summed E-state index contributed by atoms with van der Waals surface area (Å²) in [6, 6.07) is 19.3. The van der Waals surface area contributed by atoms with E-state index in [1.165, 1.54) is 12.8 Å². The molecule has 1 aliphatic rings. The van der Waals surface area contributed by atoms with Crippen molar-refractivity contribution in [2.75, 3.05) is 27.3 Å². The maximum atomic E-state index is 13.7. The maximum absolute atomic E-state index is 13.7. The molecule has 0 bridgehead atoms. The molecule has 0 N–H and O–H groups in total. The summed E-state index contributed by atoms with van der Waals surface area (Å²) in [6.07, 6.45) is 4.38. The van der Waals surface area contributed by atoms with Crippen molar-refractivity contribution < 1.29 is 18.9 Å². The van der Waals surface area contributed by atoms with Crippen molar-refractivity contribution in [1.29, 1.82) is 0 Å². The predicted octanol–water partition coefficient (Wildman–Crippen LogP) is 5.79. The van der Waals surface area contributed by atoms with Gasteiger partial charge in [-0.1, -0.05) is 24.3 Å². The first-order valence-corrected chi connectivity index (χ1v) is 13.5. The molecule has 0 atom stereocenters. The lowest BCUT2D eigenvalue weighted by Gasteiger charge is -2.19. The van der Waals surface area contributed by atoms with Gasteiger partial charge in [-0.2, -0.15) is 0 Å². The Labute approximate surface area is 229 Å². The molecular formula is C32H36N2O5. The van der Waals surface area contributed by atoms with E-state index in [0.29, 0.717) is 36.6 Å². The lowest BCUT2D eigenvalue weighted by molar-refractivity contribution is 0.256. The smallest absolute Gasteiger partial charge is 0.194 e. The Morgan fingerprint density at radius 2 is 1.31 bits per heavy atom. The van der Waals surface area contributed by atoms with Crippen molar-refractivity contribution in [2.24, 2.45) is 0 Å². The monoisotopic (exact) mass is 528 g/mol. The second kappa shape index (κ2) is 12.3. The lowest BCUT2D eigenvalue weighted by atomic mass is 10.1. The Morgan fingerprint density at radius 3 is 1.82 bits per heavy atom. The zero-order valence-electron chi connectivity index (χ0n) is 22.9. The SMILES string of the molecule is CCn1cc(CN2CCCC2)c(=O)c2cc(OCc3ccc(OC)cc3)c(OCc3ccc(OC)cc3)cc21. The van der Waals surface area contributed by atoms with E-state index >= 15 is 0 Å². The van der Waals surface area contributed by atoms with Crippen LogP contribution in [-0.4, -0.2) is 36.8 Å². The van der Waals surface area contributed by atoms with Crippen molar-refractivity contribution >= 4 is 10.9 Å². The van der Waals surface area contributed by atoms with E-state index < -0.39 is 0 Å². The number of aromatic nitrogens is 1. The highest BCUT2D eigenvalue weighted by atomic mass is 16.5. The molecule has 1 aromatic heterocycles. The fourth-order valence-corrected chi connectivity index (χ4v) is 5.01. The first kappa shape index (κ1) is 26.6. The molecule has 1 aliphatic heterocycles. The highest BCUT2D eigenvalue weighted by Crippen LogP contribution is 2.33. The van der Waals surface area contributed by atoms with Gasteiger partial charge in [0.1, 0.15) is 24.7 Å². The first-order valence-electron chi connectivity index (χ1n) is 13.5. The molecule has 1 fully saturated rings. The number of likely N-dealkylation sites (tertiary alicyclic amines) is 1. The minimum atomic E-state index is 0.0533. The summed E-state index contributed by atoms with van der Waals surface area (Å²) in [6.45, 7) is 6.29. The van der Waals surface area contributed by atoms with Gasteiger partial charge in [0, 0.05) is 36.3 Å². The first-order chi connectivity index (χ1) is 19.1. The van der Waals surface area contributed by atoms with E-state index in [0.717, 1.165) is 53.3 Å². The number of hydrogen-bond acceptors (Lipinski definition) is 6. The number of pyridine rings is 1. The third-order valence-electron chi connectivity index (χ3n) is 7.26. The molecular weight excluding hydrogens is 492 g/mol. The average Bonchev–Trinajstić information content (AvgIpc) is 3.50. The Morgan fingerprint density at radius 1 is 0.769 bits per heavy atom. The van der Waals surface area contributed by atoms with Crippen molar-refractivity contribution in [3.8, 4) is 23.0 Å². The second-order valence-electron chi connectivity index (χ2n) is 9.84. The van der Waals surface area contributed by atoms with Crippen molar-refractivity contribution in [3.63, 3.8) is 0 Å². The van der Waals surface area contributed by atoms with Gasteiger partial charge in [0.25, 0.3) is 0 Å². The van der Waals surface area contributed by atoms with Gasteiger partial charge in [0.05, 0.1) is 19.7 Å². The number of hydrogen-bond donors (Lipinski definition) is 0. The molecule has 5 rings (SSSR count). The van der Waals surface area contributed by atoms with E-state index in [2.05, 4.69) is 16.4 Å². The summed E-state index contributed by atoms with van der Waals surface area (Å²) in [4.78, 5) is 16.0. The van der Waals surface area contributed by atoms with E-state index in [-0.39, 0.29) is 5.43 Å². The van der Waals surface area contributed by atoms with Crippen LogP contribution in [-0.2, 0) is 26.3 Å². The van der Waals surface area contributed by atoms with E-state index in [9.17, 15) is 4.79 Å². The third kappa shape index (κ3) is 6.20. The van der Waals surface area contributed by atoms with E-state index in [1.807, 2.05) is 66.9 Å². The average molecular weight is 529 g/mol. The number of aryl methyl sites for hydroxylation is 1. The van der Waals surface area contributed by atoms with Crippen LogP contribution in [0.4, 0.5) is 0 Å². The fraction of sp³-hybridized carbons (Fsp3) is 0.344. The summed E-state index contributed by atoms with van der Waals surface area (Å²) in [7, 11) is 3.30. The minimum Gasteiger partial charge on any atom is -0.497 e. The fourth-order valence-electron chi connectivity index (χ4n) is 5.01. The number of fused-ring (bicyclic) bond motifs is 1. The van der Waals surface area contributed by atoms with Crippen molar-refractivity contribution in [2.45, 2.75) is 46.1 Å². The zero-order chi connectivity index (χ0) is 27.2. The molecule has 4 aromatic rings. The van der Waals surface area contributed by atoms with Gasteiger partial charge in [-0.3, -0.25) is 9.69 Å². The van der Waals surface area contributed by atoms with Crippen molar-refractivity contribution in [1.82, 2.24) is 9.47 Å². The number of nitrogens with zero attached hydrogens (tertiary/aromatic N) is 2. The van der Waals surface area contributed by atoms with Crippen molar-refractivity contribution in [3.05, 3.63) is 93.8 Å². The van der Waals surface area contributed by atoms with Gasteiger partial charge in [-0.05, 0) is 74.3 Å². The van der Waals surface area contributed by atoms with Crippen LogP contribution in [0.25, 0.3) is 10.9 Å². The van der Waals surface area contributed by atoms with Crippen LogP contribution < -0.4 is 24.4 Å². The lowest BCUT2D eigenvalue weighted by Crippen LogP contribution is -2.24. The minimum absolute atomic E-state index is 0.0533. The quantitative estimate of drug-likeness (QED) is 0.246.